The van der Waals surface area contributed by atoms with Crippen molar-refractivity contribution >= 4 is 0 Å². The minimum atomic E-state index is 0.946. The van der Waals surface area contributed by atoms with Crippen molar-refractivity contribution in [3.8, 4) is 5.69 Å². The number of piperidine rings is 1. The number of aryl methyl sites for hydroxylation is 1. The Balaban J connectivity index is 1.62. The molecule has 1 saturated heterocycles. The molecule has 0 saturated carbocycles. The van der Waals surface area contributed by atoms with Crippen LogP contribution in [0.5, 0.6) is 0 Å². The van der Waals surface area contributed by atoms with Gasteiger partial charge in [-0.25, -0.2) is 4.68 Å². The standard InChI is InChI=1S/C17H25N4/c1-15-14-20(19-18-15)17-8-6-16(7-9-17)10-13-21(2)11-4-3-5-12-21/h6-9,14H,3-5,10-13H2,1-2H3/q+1. The molecule has 0 N–H and O–H groups in total. The summed E-state index contributed by atoms with van der Waals surface area (Å²) in [7, 11) is 2.41. The molecule has 1 aromatic carbocycles. The van der Waals surface area contributed by atoms with Crippen molar-refractivity contribution in [2.45, 2.75) is 32.6 Å². The van der Waals surface area contributed by atoms with E-state index in [4.69, 9.17) is 0 Å². The zero-order chi connectivity index (χ0) is 14.7. The van der Waals surface area contributed by atoms with Crippen molar-refractivity contribution < 1.29 is 4.48 Å². The van der Waals surface area contributed by atoms with Crippen molar-refractivity contribution in [2.75, 3.05) is 26.7 Å². The quantitative estimate of drug-likeness (QED) is 0.809. The Bertz CT molecular complexity index is 579. The summed E-state index contributed by atoms with van der Waals surface area (Å²) in [5, 5.41) is 8.14. The van der Waals surface area contributed by atoms with Crippen LogP contribution in [0.1, 0.15) is 30.5 Å². The first kappa shape index (κ1) is 14.3. The molecule has 0 radical (unpaired) electrons. The molecule has 0 atom stereocenters. The van der Waals surface area contributed by atoms with Crippen LogP contribution in [0.15, 0.2) is 30.5 Å². The molecule has 1 fully saturated rings. The van der Waals surface area contributed by atoms with Gasteiger partial charge >= 0.3 is 0 Å². The maximum Gasteiger partial charge on any atom is 0.0825 e. The second kappa shape index (κ2) is 5.98. The molecule has 112 valence electrons. The van der Waals surface area contributed by atoms with Gasteiger partial charge in [-0.3, -0.25) is 0 Å². The Labute approximate surface area is 127 Å². The third-order valence-electron chi connectivity index (χ3n) is 4.65. The molecule has 0 bridgehead atoms. The second-order valence-electron chi connectivity index (χ2n) is 6.57. The Morgan fingerprint density at radius 3 is 2.43 bits per heavy atom. The van der Waals surface area contributed by atoms with E-state index in [9.17, 15) is 0 Å². The third-order valence-corrected chi connectivity index (χ3v) is 4.65. The monoisotopic (exact) mass is 285 g/mol. The van der Waals surface area contributed by atoms with Gasteiger partial charge in [0, 0.05) is 6.42 Å². The Morgan fingerprint density at radius 1 is 1.10 bits per heavy atom. The van der Waals surface area contributed by atoms with E-state index >= 15 is 0 Å². The normalized spacial score (nSPS) is 17.8. The lowest BCUT2D eigenvalue weighted by Gasteiger charge is -2.37. The third kappa shape index (κ3) is 3.50. The van der Waals surface area contributed by atoms with Gasteiger partial charge in [-0.2, -0.15) is 0 Å². The van der Waals surface area contributed by atoms with Crippen LogP contribution in [0.25, 0.3) is 5.69 Å². The van der Waals surface area contributed by atoms with Crippen LogP contribution in [0.3, 0.4) is 0 Å². The van der Waals surface area contributed by atoms with Crippen LogP contribution in [0, 0.1) is 6.92 Å². The fraction of sp³-hybridized carbons (Fsp3) is 0.529. The van der Waals surface area contributed by atoms with Crippen molar-refractivity contribution in [1.29, 1.82) is 0 Å². The number of quaternary nitrogens is 1. The molecular formula is C17H25N4+. The first-order valence-electron chi connectivity index (χ1n) is 7.96. The fourth-order valence-corrected chi connectivity index (χ4v) is 3.19. The smallest absolute Gasteiger partial charge is 0.0825 e. The molecule has 21 heavy (non-hydrogen) atoms. The maximum absolute atomic E-state index is 4.11. The zero-order valence-corrected chi connectivity index (χ0v) is 13.1. The van der Waals surface area contributed by atoms with Gasteiger partial charge in [0.05, 0.1) is 44.3 Å². The largest absolute Gasteiger partial charge is 0.326 e. The lowest BCUT2D eigenvalue weighted by molar-refractivity contribution is -0.913. The lowest BCUT2D eigenvalue weighted by atomic mass is 10.1. The van der Waals surface area contributed by atoms with Crippen molar-refractivity contribution in [3.63, 3.8) is 0 Å². The summed E-state index contributed by atoms with van der Waals surface area (Å²) in [6, 6.07) is 8.73. The minimum absolute atomic E-state index is 0.946. The molecule has 4 nitrogen and oxygen atoms in total. The lowest BCUT2D eigenvalue weighted by Crippen LogP contribution is -2.49. The first-order chi connectivity index (χ1) is 10.1. The molecule has 1 aromatic heterocycles. The van der Waals surface area contributed by atoms with Gasteiger partial charge in [-0.15, -0.1) is 5.10 Å². The van der Waals surface area contributed by atoms with E-state index in [1.807, 2.05) is 17.8 Å². The zero-order valence-electron chi connectivity index (χ0n) is 13.1. The number of likely N-dealkylation sites (N-methyl/N-ethyl adjacent to an activating group) is 1. The van der Waals surface area contributed by atoms with Gasteiger partial charge in [0.25, 0.3) is 0 Å². The molecule has 4 heteroatoms. The molecule has 2 heterocycles. The highest BCUT2D eigenvalue weighted by atomic mass is 15.4. The molecule has 0 unspecified atom stereocenters. The predicted molar refractivity (Wildman–Crippen MR) is 84.4 cm³/mol. The molecule has 3 rings (SSSR count). The summed E-state index contributed by atoms with van der Waals surface area (Å²) in [6.45, 7) is 5.90. The molecule has 0 amide bonds. The van der Waals surface area contributed by atoms with Crippen molar-refractivity contribution in [3.05, 3.63) is 41.7 Å². The predicted octanol–water partition coefficient (Wildman–Crippen LogP) is 2.75. The Hall–Kier alpha value is -1.68. The van der Waals surface area contributed by atoms with Crippen LogP contribution in [-0.2, 0) is 6.42 Å². The molecular weight excluding hydrogens is 260 g/mol. The summed E-state index contributed by atoms with van der Waals surface area (Å²) in [5.41, 5.74) is 3.44. The van der Waals surface area contributed by atoms with Crippen molar-refractivity contribution in [1.82, 2.24) is 15.0 Å². The van der Waals surface area contributed by atoms with Gasteiger partial charge < -0.3 is 4.48 Å². The summed E-state index contributed by atoms with van der Waals surface area (Å²) >= 11 is 0. The number of nitrogens with zero attached hydrogens (tertiary/aromatic N) is 4. The average molecular weight is 285 g/mol. The van der Waals surface area contributed by atoms with E-state index in [0.717, 1.165) is 17.8 Å². The van der Waals surface area contributed by atoms with Crippen LogP contribution in [0.2, 0.25) is 0 Å². The van der Waals surface area contributed by atoms with Gasteiger partial charge in [0.15, 0.2) is 0 Å². The molecule has 2 aromatic rings. The topological polar surface area (TPSA) is 30.7 Å². The average Bonchev–Trinajstić information content (AvgIpc) is 2.93. The summed E-state index contributed by atoms with van der Waals surface area (Å²) in [6.07, 6.45) is 7.31. The number of hydrogen-bond donors (Lipinski definition) is 0. The summed E-state index contributed by atoms with van der Waals surface area (Å²) in [5.74, 6) is 0. The van der Waals surface area contributed by atoms with Gasteiger partial charge in [0.2, 0.25) is 0 Å². The highest BCUT2D eigenvalue weighted by Crippen LogP contribution is 2.17. The summed E-state index contributed by atoms with van der Waals surface area (Å²) < 4.78 is 3.07. The molecule has 1 aliphatic rings. The van der Waals surface area contributed by atoms with Crippen LogP contribution in [0.4, 0.5) is 0 Å². The van der Waals surface area contributed by atoms with E-state index in [1.165, 1.54) is 48.9 Å². The van der Waals surface area contributed by atoms with Gasteiger partial charge in [-0.1, -0.05) is 17.3 Å². The van der Waals surface area contributed by atoms with Crippen LogP contribution < -0.4 is 0 Å². The van der Waals surface area contributed by atoms with E-state index in [2.05, 4.69) is 41.6 Å². The Kier molecular flexibility index (Phi) is 4.06. The Morgan fingerprint density at radius 2 is 1.81 bits per heavy atom. The second-order valence-corrected chi connectivity index (χ2v) is 6.57. The molecule has 1 aliphatic heterocycles. The van der Waals surface area contributed by atoms with E-state index in [-0.39, 0.29) is 0 Å². The fourth-order valence-electron chi connectivity index (χ4n) is 3.19. The first-order valence-corrected chi connectivity index (χ1v) is 7.96. The number of rotatable bonds is 4. The number of hydrogen-bond acceptors (Lipinski definition) is 2. The number of likely N-dealkylation sites (tertiary alicyclic amines) is 1. The van der Waals surface area contributed by atoms with Crippen molar-refractivity contribution in [2.24, 2.45) is 0 Å². The molecule has 0 aliphatic carbocycles. The van der Waals surface area contributed by atoms with Crippen LogP contribution in [-0.4, -0.2) is 46.2 Å². The van der Waals surface area contributed by atoms with Gasteiger partial charge in [0.1, 0.15) is 0 Å². The van der Waals surface area contributed by atoms with E-state index < -0.39 is 0 Å². The van der Waals surface area contributed by atoms with Crippen LogP contribution >= 0.6 is 0 Å². The molecule has 0 spiro atoms. The highest BCUT2D eigenvalue weighted by molar-refractivity contribution is 5.33. The number of benzene rings is 1. The van der Waals surface area contributed by atoms with E-state index in [1.54, 1.807) is 0 Å². The SMILES string of the molecule is Cc1cn(-c2ccc(CC[N+]3(C)CCCCC3)cc2)nn1. The maximum atomic E-state index is 4.11. The highest BCUT2D eigenvalue weighted by Gasteiger charge is 2.23. The number of aromatic nitrogens is 3. The van der Waals surface area contributed by atoms with Gasteiger partial charge in [-0.05, 0) is 43.9 Å². The minimum Gasteiger partial charge on any atom is -0.326 e. The summed E-state index contributed by atoms with van der Waals surface area (Å²) in [4.78, 5) is 0. The van der Waals surface area contributed by atoms with E-state index in [0.29, 0.717) is 0 Å².